The smallest absolute Gasteiger partial charge is 0.161 e. The van der Waals surface area contributed by atoms with Crippen LogP contribution >= 0.6 is 15.9 Å². The molecule has 0 aliphatic carbocycles. The highest BCUT2D eigenvalue weighted by Crippen LogP contribution is 2.30. The van der Waals surface area contributed by atoms with Gasteiger partial charge >= 0.3 is 0 Å². The Morgan fingerprint density at radius 2 is 1.90 bits per heavy atom. The van der Waals surface area contributed by atoms with Gasteiger partial charge in [0.1, 0.15) is 0 Å². The van der Waals surface area contributed by atoms with Crippen LogP contribution in [0.15, 0.2) is 41.1 Å². The van der Waals surface area contributed by atoms with Gasteiger partial charge in [0.2, 0.25) is 0 Å². The minimum atomic E-state index is -0.120. The van der Waals surface area contributed by atoms with Crippen LogP contribution in [-0.4, -0.2) is 19.2 Å². The molecule has 1 unspecified atom stereocenters. The van der Waals surface area contributed by atoms with Gasteiger partial charge in [-0.25, -0.2) is 0 Å². The molecule has 2 aromatic rings. The zero-order chi connectivity index (χ0) is 14.5. The van der Waals surface area contributed by atoms with Crippen molar-refractivity contribution in [1.82, 2.24) is 4.98 Å². The van der Waals surface area contributed by atoms with Crippen LogP contribution in [0, 0.1) is 0 Å². The van der Waals surface area contributed by atoms with Crippen molar-refractivity contribution in [2.45, 2.75) is 12.5 Å². The van der Waals surface area contributed by atoms with Crippen LogP contribution in [0.1, 0.15) is 17.2 Å². The summed E-state index contributed by atoms with van der Waals surface area (Å²) in [7, 11) is 3.23. The monoisotopic (exact) mass is 336 g/mol. The van der Waals surface area contributed by atoms with E-state index in [1.54, 1.807) is 20.4 Å². The molecule has 1 aromatic heterocycles. The van der Waals surface area contributed by atoms with Crippen molar-refractivity contribution in [1.29, 1.82) is 0 Å². The van der Waals surface area contributed by atoms with E-state index >= 15 is 0 Å². The molecule has 0 saturated carbocycles. The highest BCUT2D eigenvalue weighted by molar-refractivity contribution is 9.10. The van der Waals surface area contributed by atoms with E-state index in [0.29, 0.717) is 17.9 Å². The molecule has 0 fully saturated rings. The Hall–Kier alpha value is -1.59. The minimum Gasteiger partial charge on any atom is -0.493 e. The number of nitrogens with two attached hydrogens (primary N) is 1. The van der Waals surface area contributed by atoms with Crippen molar-refractivity contribution in [2.75, 3.05) is 14.2 Å². The molecule has 0 aliphatic heterocycles. The van der Waals surface area contributed by atoms with E-state index < -0.39 is 0 Å². The van der Waals surface area contributed by atoms with Crippen molar-refractivity contribution in [3.05, 3.63) is 52.3 Å². The Balaban J connectivity index is 2.18. The topological polar surface area (TPSA) is 57.4 Å². The molecular formula is C15H17BrN2O2. The van der Waals surface area contributed by atoms with E-state index in [9.17, 15) is 0 Å². The summed E-state index contributed by atoms with van der Waals surface area (Å²) in [6.07, 6.45) is 4.29. The van der Waals surface area contributed by atoms with E-state index in [4.69, 9.17) is 15.2 Å². The summed E-state index contributed by atoms with van der Waals surface area (Å²) >= 11 is 3.41. The van der Waals surface area contributed by atoms with Crippen LogP contribution in [0.4, 0.5) is 0 Å². The lowest BCUT2D eigenvalue weighted by molar-refractivity contribution is 0.354. The molecule has 4 nitrogen and oxygen atoms in total. The largest absolute Gasteiger partial charge is 0.493 e. The molecule has 0 radical (unpaired) electrons. The molecule has 106 valence electrons. The molecule has 0 bridgehead atoms. The lowest BCUT2D eigenvalue weighted by Crippen LogP contribution is -2.13. The molecule has 0 aliphatic rings. The van der Waals surface area contributed by atoms with Crippen LogP contribution in [0.25, 0.3) is 0 Å². The summed E-state index contributed by atoms with van der Waals surface area (Å²) in [5, 5.41) is 0. The fourth-order valence-corrected chi connectivity index (χ4v) is 2.43. The molecule has 5 heteroatoms. The number of benzene rings is 1. The van der Waals surface area contributed by atoms with E-state index in [0.717, 1.165) is 15.6 Å². The molecule has 0 saturated heterocycles. The van der Waals surface area contributed by atoms with E-state index in [1.807, 2.05) is 30.5 Å². The van der Waals surface area contributed by atoms with Crippen LogP contribution in [0.3, 0.4) is 0 Å². The lowest BCUT2D eigenvalue weighted by atomic mass is 10.0. The van der Waals surface area contributed by atoms with Gasteiger partial charge in [-0.3, -0.25) is 4.98 Å². The molecule has 20 heavy (non-hydrogen) atoms. The second-order valence-electron chi connectivity index (χ2n) is 4.44. The van der Waals surface area contributed by atoms with E-state index in [2.05, 4.69) is 20.9 Å². The Morgan fingerprint density at radius 3 is 2.55 bits per heavy atom. The lowest BCUT2D eigenvalue weighted by Gasteiger charge is -2.15. The molecular weight excluding hydrogens is 320 g/mol. The van der Waals surface area contributed by atoms with Gasteiger partial charge in [-0.05, 0) is 51.7 Å². The third-order valence-electron chi connectivity index (χ3n) is 3.05. The molecule has 0 amide bonds. The van der Waals surface area contributed by atoms with Crippen molar-refractivity contribution < 1.29 is 9.47 Å². The quantitative estimate of drug-likeness (QED) is 0.911. The van der Waals surface area contributed by atoms with Gasteiger partial charge in [0.15, 0.2) is 11.5 Å². The van der Waals surface area contributed by atoms with Gasteiger partial charge in [-0.1, -0.05) is 6.07 Å². The first kappa shape index (κ1) is 14.8. The van der Waals surface area contributed by atoms with Gasteiger partial charge < -0.3 is 15.2 Å². The number of hydrogen-bond acceptors (Lipinski definition) is 4. The summed E-state index contributed by atoms with van der Waals surface area (Å²) in [5.74, 6) is 1.39. The number of ether oxygens (including phenoxy) is 2. The normalized spacial score (nSPS) is 12.0. The Bertz CT molecular complexity index is 590. The third kappa shape index (κ3) is 3.49. The highest BCUT2D eigenvalue weighted by Gasteiger charge is 2.11. The van der Waals surface area contributed by atoms with Gasteiger partial charge in [-0.2, -0.15) is 0 Å². The second kappa shape index (κ2) is 6.72. The van der Waals surface area contributed by atoms with Gasteiger partial charge in [0.25, 0.3) is 0 Å². The molecule has 2 rings (SSSR count). The van der Waals surface area contributed by atoms with Crippen LogP contribution < -0.4 is 15.2 Å². The molecule has 0 spiro atoms. The van der Waals surface area contributed by atoms with Gasteiger partial charge in [0.05, 0.1) is 14.2 Å². The average molecular weight is 337 g/mol. The number of pyridine rings is 1. The highest BCUT2D eigenvalue weighted by atomic mass is 79.9. The number of hydrogen-bond donors (Lipinski definition) is 1. The standard InChI is InChI=1S/C15H17BrN2O2/c1-19-14-4-3-11(7-15(14)20-2)13(17)6-10-5-12(16)9-18-8-10/h3-5,7-9,13H,6,17H2,1-2H3. The summed E-state index contributed by atoms with van der Waals surface area (Å²) in [6, 6.07) is 7.64. The van der Waals surface area contributed by atoms with Crippen LogP contribution in [0.2, 0.25) is 0 Å². The van der Waals surface area contributed by atoms with Crippen molar-refractivity contribution >= 4 is 15.9 Å². The average Bonchev–Trinajstić information content (AvgIpc) is 2.46. The van der Waals surface area contributed by atoms with Crippen molar-refractivity contribution in [3.8, 4) is 11.5 Å². The maximum absolute atomic E-state index is 6.25. The predicted molar refractivity (Wildman–Crippen MR) is 82.1 cm³/mol. The summed E-state index contributed by atoms with van der Waals surface area (Å²) < 4.78 is 11.5. The molecule has 2 N–H and O–H groups in total. The Labute approximate surface area is 127 Å². The predicted octanol–water partition coefficient (Wildman–Crippen LogP) is 3.10. The minimum absolute atomic E-state index is 0.120. The van der Waals surface area contributed by atoms with Gasteiger partial charge in [-0.15, -0.1) is 0 Å². The summed E-state index contributed by atoms with van der Waals surface area (Å²) in [4.78, 5) is 4.14. The van der Waals surface area contributed by atoms with Crippen molar-refractivity contribution in [3.63, 3.8) is 0 Å². The number of aromatic nitrogens is 1. The Kier molecular flexibility index (Phi) is 4.98. The number of methoxy groups -OCH3 is 2. The first-order valence-electron chi connectivity index (χ1n) is 6.21. The number of rotatable bonds is 5. The fourth-order valence-electron chi connectivity index (χ4n) is 2.02. The zero-order valence-corrected chi connectivity index (χ0v) is 13.1. The van der Waals surface area contributed by atoms with E-state index in [-0.39, 0.29) is 6.04 Å². The fraction of sp³-hybridized carbons (Fsp3) is 0.267. The van der Waals surface area contributed by atoms with Crippen LogP contribution in [0.5, 0.6) is 11.5 Å². The van der Waals surface area contributed by atoms with E-state index in [1.165, 1.54) is 0 Å². The SMILES string of the molecule is COc1ccc(C(N)Cc2cncc(Br)c2)cc1OC. The maximum atomic E-state index is 6.25. The summed E-state index contributed by atoms with van der Waals surface area (Å²) in [6.45, 7) is 0. The first-order chi connectivity index (χ1) is 9.63. The molecule has 1 heterocycles. The third-order valence-corrected chi connectivity index (χ3v) is 3.49. The summed E-state index contributed by atoms with van der Waals surface area (Å²) in [5.41, 5.74) is 8.34. The zero-order valence-electron chi connectivity index (χ0n) is 11.5. The Morgan fingerprint density at radius 1 is 1.15 bits per heavy atom. The molecule has 1 aromatic carbocycles. The first-order valence-corrected chi connectivity index (χ1v) is 7.00. The number of halogens is 1. The maximum Gasteiger partial charge on any atom is 0.161 e. The second-order valence-corrected chi connectivity index (χ2v) is 5.35. The van der Waals surface area contributed by atoms with Gasteiger partial charge in [0, 0.05) is 22.9 Å². The number of nitrogens with zero attached hydrogens (tertiary/aromatic N) is 1. The molecule has 1 atom stereocenters. The van der Waals surface area contributed by atoms with Crippen molar-refractivity contribution in [2.24, 2.45) is 5.73 Å². The van der Waals surface area contributed by atoms with Crippen LogP contribution in [-0.2, 0) is 6.42 Å².